The predicted molar refractivity (Wildman–Crippen MR) is 155 cm³/mol. The van der Waals surface area contributed by atoms with Crippen molar-refractivity contribution in [1.82, 2.24) is 14.5 Å². The molecule has 1 N–H and O–H groups in total. The first-order chi connectivity index (χ1) is 20.6. The molecule has 0 unspecified atom stereocenters. The molecule has 0 atom stereocenters. The molecule has 8 nitrogen and oxygen atoms in total. The first kappa shape index (κ1) is 31.0. The number of hydrogen-bond acceptors (Lipinski definition) is 7. The predicted octanol–water partition coefficient (Wildman–Crippen LogP) is 6.76. The molecule has 3 aromatic carbocycles. The number of hydrogen-bond donors (Lipinski definition) is 1. The summed E-state index contributed by atoms with van der Waals surface area (Å²) in [6.07, 6.45) is -2.24. The summed E-state index contributed by atoms with van der Waals surface area (Å²) >= 11 is 0. The van der Waals surface area contributed by atoms with E-state index < -0.39 is 34.4 Å². The second-order valence-corrected chi connectivity index (χ2v) is 12.2. The van der Waals surface area contributed by atoms with Crippen LogP contribution in [0.4, 0.5) is 17.6 Å². The number of rotatable bonds is 8. The van der Waals surface area contributed by atoms with Gasteiger partial charge in [-0.2, -0.15) is 0 Å². The van der Waals surface area contributed by atoms with Gasteiger partial charge in [0.1, 0.15) is 23.1 Å². The lowest BCUT2D eigenvalue weighted by Gasteiger charge is -2.16. The van der Waals surface area contributed by atoms with Gasteiger partial charge in [-0.25, -0.2) is 22.8 Å². The zero-order valence-corrected chi connectivity index (χ0v) is 24.8. The maximum atomic E-state index is 15.3. The Hall–Kier alpha value is -4.49. The van der Waals surface area contributed by atoms with Gasteiger partial charge in [0, 0.05) is 42.7 Å². The average molecular weight is 630 g/mol. The van der Waals surface area contributed by atoms with E-state index in [4.69, 9.17) is 4.42 Å². The SMILES string of the molecule is Cc1cn(-c2ccc(-c3cc(F)c(CCO)c(S(C)(=O)=O)c3)cc2-c2nc(C)oc2-c2ccc(OC(F)(F)F)cc2)c(C)n1. The van der Waals surface area contributed by atoms with E-state index in [0.717, 1.165) is 24.1 Å². The van der Waals surface area contributed by atoms with Crippen molar-refractivity contribution in [3.63, 3.8) is 0 Å². The van der Waals surface area contributed by atoms with E-state index in [1.807, 2.05) is 24.6 Å². The lowest BCUT2D eigenvalue weighted by atomic mass is 9.96. The molecule has 0 amide bonds. The van der Waals surface area contributed by atoms with Crippen molar-refractivity contribution < 1.29 is 40.2 Å². The maximum absolute atomic E-state index is 15.3. The van der Waals surface area contributed by atoms with Crippen LogP contribution in [0.1, 0.15) is 23.0 Å². The van der Waals surface area contributed by atoms with Crippen LogP contribution in [0.25, 0.3) is 39.4 Å². The Morgan fingerprint density at radius 2 is 1.64 bits per heavy atom. The summed E-state index contributed by atoms with van der Waals surface area (Å²) in [6, 6.07) is 12.9. The van der Waals surface area contributed by atoms with Gasteiger partial charge < -0.3 is 18.8 Å². The summed E-state index contributed by atoms with van der Waals surface area (Å²) in [5, 5.41) is 9.39. The zero-order chi connectivity index (χ0) is 32.0. The van der Waals surface area contributed by atoms with Crippen molar-refractivity contribution in [2.45, 2.75) is 38.4 Å². The fourth-order valence-corrected chi connectivity index (χ4v) is 6.04. The standard InChI is InChI=1S/C31H27F4N3O5S/c1-17-16-38(18(2)36-17)27-10-7-21(22-14-26(32)24(11-12-39)28(15-22)44(4,40)41)13-25(27)29-30(42-19(3)37-29)20-5-8-23(9-6-20)43-31(33,34)35/h5-10,13-16,39H,11-12H2,1-4H3. The van der Waals surface area contributed by atoms with E-state index in [-0.39, 0.29) is 34.1 Å². The van der Waals surface area contributed by atoms with E-state index in [9.17, 15) is 26.7 Å². The van der Waals surface area contributed by atoms with Gasteiger partial charge in [-0.05, 0) is 79.9 Å². The second kappa shape index (κ2) is 11.5. The van der Waals surface area contributed by atoms with Gasteiger partial charge in [0.2, 0.25) is 0 Å². The molecule has 13 heteroatoms. The minimum atomic E-state index is -4.85. The monoisotopic (exact) mass is 629 g/mol. The third-order valence-corrected chi connectivity index (χ3v) is 8.01. The smallest absolute Gasteiger partial charge is 0.440 e. The summed E-state index contributed by atoms with van der Waals surface area (Å²) in [6.45, 7) is 4.83. The van der Waals surface area contributed by atoms with E-state index in [2.05, 4.69) is 14.7 Å². The van der Waals surface area contributed by atoms with Crippen LogP contribution in [0.15, 0.2) is 70.1 Å². The van der Waals surface area contributed by atoms with Crippen molar-refractivity contribution in [1.29, 1.82) is 0 Å². The van der Waals surface area contributed by atoms with Crippen molar-refractivity contribution in [3.8, 4) is 45.1 Å². The quantitative estimate of drug-likeness (QED) is 0.189. The van der Waals surface area contributed by atoms with Crippen LogP contribution in [-0.2, 0) is 16.3 Å². The van der Waals surface area contributed by atoms with Crippen LogP contribution in [0.2, 0.25) is 0 Å². The normalized spacial score (nSPS) is 12.1. The first-order valence-corrected chi connectivity index (χ1v) is 15.2. The van der Waals surface area contributed by atoms with Gasteiger partial charge in [0.05, 0.1) is 16.3 Å². The van der Waals surface area contributed by atoms with E-state index in [0.29, 0.717) is 33.9 Å². The summed E-state index contributed by atoms with van der Waals surface area (Å²) in [5.74, 6) is 0.0163. The highest BCUT2D eigenvalue weighted by Gasteiger charge is 2.31. The fourth-order valence-electron chi connectivity index (χ4n) is 5.05. The molecule has 0 bridgehead atoms. The van der Waals surface area contributed by atoms with Gasteiger partial charge >= 0.3 is 6.36 Å². The Balaban J connectivity index is 1.72. The third-order valence-electron chi connectivity index (χ3n) is 6.85. The molecule has 5 rings (SSSR count). The van der Waals surface area contributed by atoms with Crippen molar-refractivity contribution >= 4 is 9.84 Å². The van der Waals surface area contributed by atoms with Crippen LogP contribution in [0.3, 0.4) is 0 Å². The molecule has 0 fully saturated rings. The van der Waals surface area contributed by atoms with E-state index in [1.54, 1.807) is 25.1 Å². The number of ether oxygens (including phenoxy) is 1. The molecule has 2 aromatic heterocycles. The van der Waals surface area contributed by atoms with Gasteiger partial charge in [0.25, 0.3) is 0 Å². The summed E-state index contributed by atoms with van der Waals surface area (Å²) in [5.41, 5.74) is 3.26. The number of oxazole rings is 1. The number of alkyl halides is 3. The Bertz CT molecular complexity index is 1960. The zero-order valence-electron chi connectivity index (χ0n) is 24.0. The fraction of sp³-hybridized carbons (Fsp3) is 0.226. The molecule has 0 aliphatic rings. The molecule has 44 heavy (non-hydrogen) atoms. The number of aryl methyl sites for hydroxylation is 3. The topological polar surface area (TPSA) is 107 Å². The molecule has 230 valence electrons. The molecule has 0 spiro atoms. The van der Waals surface area contributed by atoms with Crippen molar-refractivity contribution in [2.75, 3.05) is 12.9 Å². The minimum Gasteiger partial charge on any atom is -0.440 e. The Kier molecular flexibility index (Phi) is 8.12. The summed E-state index contributed by atoms with van der Waals surface area (Å²) < 4.78 is 90.3. The third kappa shape index (κ3) is 6.38. The highest BCUT2D eigenvalue weighted by Crippen LogP contribution is 2.40. The molecule has 2 heterocycles. The van der Waals surface area contributed by atoms with E-state index >= 15 is 4.39 Å². The number of halogens is 4. The van der Waals surface area contributed by atoms with Gasteiger partial charge in [-0.1, -0.05) is 6.07 Å². The van der Waals surface area contributed by atoms with Crippen LogP contribution < -0.4 is 4.74 Å². The van der Waals surface area contributed by atoms with Crippen LogP contribution >= 0.6 is 0 Å². The number of sulfone groups is 1. The summed E-state index contributed by atoms with van der Waals surface area (Å²) in [7, 11) is -3.85. The van der Waals surface area contributed by atoms with Gasteiger partial charge in [-0.15, -0.1) is 13.2 Å². The Morgan fingerprint density at radius 1 is 0.955 bits per heavy atom. The highest BCUT2D eigenvalue weighted by molar-refractivity contribution is 7.90. The molecule has 0 saturated heterocycles. The maximum Gasteiger partial charge on any atom is 0.573 e. The molecule has 5 aromatic rings. The number of benzene rings is 3. The lowest BCUT2D eigenvalue weighted by Crippen LogP contribution is -2.16. The molecular weight excluding hydrogens is 602 g/mol. The van der Waals surface area contributed by atoms with Crippen molar-refractivity contribution in [2.24, 2.45) is 0 Å². The second-order valence-electron chi connectivity index (χ2n) is 10.2. The average Bonchev–Trinajstić information content (AvgIpc) is 3.49. The summed E-state index contributed by atoms with van der Waals surface area (Å²) in [4.78, 5) is 8.85. The van der Waals surface area contributed by atoms with E-state index in [1.165, 1.54) is 24.3 Å². The number of aliphatic hydroxyl groups excluding tert-OH is 1. The largest absolute Gasteiger partial charge is 0.573 e. The first-order valence-electron chi connectivity index (χ1n) is 13.3. The molecule has 0 radical (unpaired) electrons. The molecule has 0 aliphatic carbocycles. The number of aromatic nitrogens is 3. The molecule has 0 aliphatic heterocycles. The number of imidazole rings is 1. The van der Waals surface area contributed by atoms with Crippen LogP contribution in [-0.4, -0.2) is 47.3 Å². The number of aliphatic hydroxyl groups is 1. The van der Waals surface area contributed by atoms with Crippen LogP contribution in [0, 0.1) is 26.6 Å². The minimum absolute atomic E-state index is 0.104. The van der Waals surface area contributed by atoms with Crippen molar-refractivity contribution in [3.05, 3.63) is 89.6 Å². The number of nitrogens with zero attached hydrogens (tertiary/aromatic N) is 3. The molecule has 0 saturated carbocycles. The molecular formula is C31H27F4N3O5S. The lowest BCUT2D eigenvalue weighted by molar-refractivity contribution is -0.274. The highest BCUT2D eigenvalue weighted by atomic mass is 32.2. The Morgan fingerprint density at radius 3 is 2.23 bits per heavy atom. The van der Waals surface area contributed by atoms with Gasteiger partial charge in [-0.3, -0.25) is 0 Å². The Labute approximate surface area is 250 Å². The van der Waals surface area contributed by atoms with Crippen LogP contribution in [0.5, 0.6) is 5.75 Å². The van der Waals surface area contributed by atoms with Gasteiger partial charge in [0.15, 0.2) is 21.5 Å².